The van der Waals surface area contributed by atoms with Crippen molar-refractivity contribution in [3.8, 4) is 0 Å². The largest absolute Gasteiger partial charge is 0.361 e. The molecule has 0 fully saturated rings. The molecule has 0 radical (unpaired) electrons. The van der Waals surface area contributed by atoms with Crippen LogP contribution in [0.3, 0.4) is 0 Å². The molecule has 2 rings (SSSR count). The van der Waals surface area contributed by atoms with Crippen molar-refractivity contribution in [2.75, 3.05) is 5.32 Å². The molecule has 0 aromatic heterocycles. The van der Waals surface area contributed by atoms with E-state index >= 15 is 0 Å². The lowest BCUT2D eigenvalue weighted by Crippen LogP contribution is -2.39. The highest BCUT2D eigenvalue weighted by Crippen LogP contribution is 2.21. The summed E-state index contributed by atoms with van der Waals surface area (Å²) >= 11 is 2.27. The number of hydrogen-bond donors (Lipinski definition) is 3. The Hall–Kier alpha value is -0.330. The molecule has 1 unspecified atom stereocenters. The molecule has 1 atom stereocenters. The molecule has 12 heavy (non-hydrogen) atoms. The second-order valence-electron chi connectivity index (χ2n) is 2.73. The fourth-order valence-electron chi connectivity index (χ4n) is 1.25. The summed E-state index contributed by atoms with van der Waals surface area (Å²) in [5, 5.41) is 15.0. The van der Waals surface area contributed by atoms with Crippen LogP contribution in [0.2, 0.25) is 0 Å². The smallest absolute Gasteiger partial charge is 0.181 e. The molecule has 1 heterocycles. The lowest BCUT2D eigenvalue weighted by molar-refractivity contribution is 0.158. The SMILES string of the molecule is OC1NCc2cc(I)ccc2N1. The summed E-state index contributed by atoms with van der Waals surface area (Å²) in [5.74, 6) is 0. The van der Waals surface area contributed by atoms with E-state index in [1.165, 1.54) is 9.13 Å². The molecule has 1 aromatic carbocycles. The van der Waals surface area contributed by atoms with Crippen LogP contribution in [0.25, 0.3) is 0 Å². The average Bonchev–Trinajstić information content (AvgIpc) is 2.05. The van der Waals surface area contributed by atoms with Crippen molar-refractivity contribution < 1.29 is 5.11 Å². The normalized spacial score (nSPS) is 21.3. The minimum absolute atomic E-state index is 0.613. The average molecular weight is 276 g/mol. The molecule has 1 aliphatic heterocycles. The predicted octanol–water partition coefficient (Wildman–Crippen LogP) is 1.08. The summed E-state index contributed by atoms with van der Waals surface area (Å²) in [6, 6.07) is 6.10. The monoisotopic (exact) mass is 276 g/mol. The first-order valence-corrected chi connectivity index (χ1v) is 4.80. The molecule has 0 spiro atoms. The predicted molar refractivity (Wildman–Crippen MR) is 55.6 cm³/mol. The van der Waals surface area contributed by atoms with E-state index in [4.69, 9.17) is 0 Å². The first-order valence-electron chi connectivity index (χ1n) is 3.72. The molecule has 0 aliphatic carbocycles. The zero-order valence-corrected chi connectivity index (χ0v) is 8.50. The standard InChI is InChI=1S/C8H9IN2O/c9-6-1-2-7-5(3-6)4-10-8(12)11-7/h1-3,8,10-12H,4H2. The lowest BCUT2D eigenvalue weighted by atomic mass is 10.1. The zero-order chi connectivity index (χ0) is 8.55. The van der Waals surface area contributed by atoms with Gasteiger partial charge in [-0.1, -0.05) is 0 Å². The van der Waals surface area contributed by atoms with Gasteiger partial charge in [0.05, 0.1) is 0 Å². The van der Waals surface area contributed by atoms with Crippen molar-refractivity contribution >= 4 is 28.3 Å². The molecule has 3 nitrogen and oxygen atoms in total. The van der Waals surface area contributed by atoms with Crippen molar-refractivity contribution in [2.45, 2.75) is 12.9 Å². The number of rotatable bonds is 0. The molecule has 1 aliphatic rings. The van der Waals surface area contributed by atoms with E-state index in [1.807, 2.05) is 12.1 Å². The van der Waals surface area contributed by atoms with E-state index in [-0.39, 0.29) is 0 Å². The minimum Gasteiger partial charge on any atom is -0.361 e. The van der Waals surface area contributed by atoms with Crippen LogP contribution in [-0.4, -0.2) is 11.5 Å². The first-order chi connectivity index (χ1) is 5.75. The molecule has 3 N–H and O–H groups in total. The van der Waals surface area contributed by atoms with Gasteiger partial charge in [-0.15, -0.1) is 0 Å². The van der Waals surface area contributed by atoms with Crippen LogP contribution in [0.1, 0.15) is 5.56 Å². The second kappa shape index (κ2) is 3.20. The first kappa shape index (κ1) is 8.28. The quantitative estimate of drug-likeness (QED) is 0.621. The summed E-state index contributed by atoms with van der Waals surface area (Å²) in [7, 11) is 0. The van der Waals surface area contributed by atoms with Gasteiger partial charge in [0.2, 0.25) is 0 Å². The molecule has 0 saturated heterocycles. The third kappa shape index (κ3) is 1.55. The number of hydrogen-bond acceptors (Lipinski definition) is 3. The van der Waals surface area contributed by atoms with E-state index in [2.05, 4.69) is 39.3 Å². The van der Waals surface area contributed by atoms with Crippen LogP contribution in [0.5, 0.6) is 0 Å². The van der Waals surface area contributed by atoms with Gasteiger partial charge in [0, 0.05) is 15.8 Å². The van der Waals surface area contributed by atoms with Gasteiger partial charge in [-0.05, 0) is 46.4 Å². The van der Waals surface area contributed by atoms with E-state index < -0.39 is 6.35 Å². The van der Waals surface area contributed by atoms with E-state index in [9.17, 15) is 5.11 Å². The van der Waals surface area contributed by atoms with Crippen molar-refractivity contribution in [3.63, 3.8) is 0 Å². The maximum absolute atomic E-state index is 9.20. The van der Waals surface area contributed by atoms with Crippen molar-refractivity contribution in [1.29, 1.82) is 0 Å². The molecule has 1 aromatic rings. The van der Waals surface area contributed by atoms with Gasteiger partial charge >= 0.3 is 0 Å². The van der Waals surface area contributed by atoms with Gasteiger partial charge in [-0.2, -0.15) is 0 Å². The number of anilines is 1. The minimum atomic E-state index is -0.613. The van der Waals surface area contributed by atoms with Gasteiger partial charge in [0.25, 0.3) is 0 Å². The third-order valence-corrected chi connectivity index (χ3v) is 2.52. The fourth-order valence-corrected chi connectivity index (χ4v) is 1.81. The summed E-state index contributed by atoms with van der Waals surface area (Å²) in [6.07, 6.45) is -0.613. The Morgan fingerprint density at radius 3 is 3.17 bits per heavy atom. The van der Waals surface area contributed by atoms with Crippen LogP contribution < -0.4 is 10.6 Å². The lowest BCUT2D eigenvalue weighted by Gasteiger charge is -2.24. The van der Waals surface area contributed by atoms with Crippen LogP contribution >= 0.6 is 22.6 Å². The number of nitrogens with one attached hydrogen (secondary N) is 2. The molecule has 0 saturated carbocycles. The number of halogens is 1. The Balaban J connectivity index is 2.37. The molecule has 0 amide bonds. The van der Waals surface area contributed by atoms with Crippen molar-refractivity contribution in [3.05, 3.63) is 27.3 Å². The van der Waals surface area contributed by atoms with Gasteiger partial charge in [-0.25, -0.2) is 0 Å². The maximum atomic E-state index is 9.20. The molecule has 4 heteroatoms. The number of aliphatic hydroxyl groups is 1. The Morgan fingerprint density at radius 2 is 2.33 bits per heavy atom. The highest BCUT2D eigenvalue weighted by atomic mass is 127. The fraction of sp³-hybridized carbons (Fsp3) is 0.250. The Labute approximate surface area is 84.3 Å². The molecule has 64 valence electrons. The van der Waals surface area contributed by atoms with Gasteiger partial charge in [-0.3, -0.25) is 5.32 Å². The van der Waals surface area contributed by atoms with E-state index in [1.54, 1.807) is 0 Å². The van der Waals surface area contributed by atoms with Crippen molar-refractivity contribution in [1.82, 2.24) is 5.32 Å². The number of aliphatic hydroxyl groups excluding tert-OH is 1. The molecule has 0 bridgehead atoms. The topological polar surface area (TPSA) is 44.3 Å². The van der Waals surface area contributed by atoms with E-state index in [0.29, 0.717) is 0 Å². The highest BCUT2D eigenvalue weighted by Gasteiger charge is 2.13. The van der Waals surface area contributed by atoms with Gasteiger partial charge < -0.3 is 10.4 Å². The number of fused-ring (bicyclic) bond motifs is 1. The Bertz CT molecular complexity index is 303. The summed E-state index contributed by atoms with van der Waals surface area (Å²) in [6.45, 7) is 0.723. The highest BCUT2D eigenvalue weighted by molar-refractivity contribution is 14.1. The van der Waals surface area contributed by atoms with Crippen LogP contribution in [0.4, 0.5) is 5.69 Å². The second-order valence-corrected chi connectivity index (χ2v) is 3.97. The van der Waals surface area contributed by atoms with E-state index in [0.717, 1.165) is 12.2 Å². The summed E-state index contributed by atoms with van der Waals surface area (Å²) in [5.41, 5.74) is 2.22. The molecular formula is C8H9IN2O. The van der Waals surface area contributed by atoms with Crippen LogP contribution in [0, 0.1) is 3.57 Å². The van der Waals surface area contributed by atoms with Gasteiger partial charge in [0.15, 0.2) is 6.35 Å². The third-order valence-electron chi connectivity index (χ3n) is 1.85. The van der Waals surface area contributed by atoms with Crippen LogP contribution in [-0.2, 0) is 6.54 Å². The van der Waals surface area contributed by atoms with Gasteiger partial charge in [0.1, 0.15) is 0 Å². The Kier molecular flexibility index (Phi) is 2.20. The summed E-state index contributed by atoms with van der Waals surface area (Å²) < 4.78 is 1.21. The number of benzene rings is 1. The molecular weight excluding hydrogens is 267 g/mol. The maximum Gasteiger partial charge on any atom is 0.181 e. The summed E-state index contributed by atoms with van der Waals surface area (Å²) in [4.78, 5) is 0. The van der Waals surface area contributed by atoms with Crippen LogP contribution in [0.15, 0.2) is 18.2 Å². The van der Waals surface area contributed by atoms with Crippen molar-refractivity contribution in [2.24, 2.45) is 0 Å². The zero-order valence-electron chi connectivity index (χ0n) is 6.34. The Morgan fingerprint density at radius 1 is 1.50 bits per heavy atom.